The fraction of sp³-hybridized carbons (Fsp3) is 1.00. The van der Waals surface area contributed by atoms with Gasteiger partial charge in [0.1, 0.15) is 0 Å². The maximum atomic E-state index is 5.58. The fourth-order valence-electron chi connectivity index (χ4n) is 3.68. The maximum absolute atomic E-state index is 5.58. The lowest BCUT2D eigenvalue weighted by atomic mass is 9.69. The third kappa shape index (κ3) is 2.28. The van der Waals surface area contributed by atoms with Gasteiger partial charge in [0.25, 0.3) is 0 Å². The van der Waals surface area contributed by atoms with Crippen LogP contribution in [0.2, 0.25) is 0 Å². The van der Waals surface area contributed by atoms with Gasteiger partial charge in [0.2, 0.25) is 0 Å². The predicted molar refractivity (Wildman–Crippen MR) is 65.5 cm³/mol. The molecule has 1 saturated heterocycles. The second-order valence-electron chi connectivity index (χ2n) is 6.11. The molecule has 3 aliphatic rings. The summed E-state index contributed by atoms with van der Waals surface area (Å²) in [5.41, 5.74) is 0.595. The number of nitrogens with one attached hydrogen (secondary N) is 1. The molecule has 3 rings (SSSR count). The Bertz CT molecular complexity index is 225. The first-order valence-corrected chi connectivity index (χ1v) is 7.20. The van der Waals surface area contributed by atoms with Crippen LogP contribution in [0.4, 0.5) is 0 Å². The van der Waals surface area contributed by atoms with Crippen molar-refractivity contribution >= 4 is 0 Å². The van der Waals surface area contributed by atoms with Crippen LogP contribution >= 0.6 is 0 Å². The predicted octanol–water partition coefficient (Wildman–Crippen LogP) is 2.73. The first kappa shape index (κ1) is 11.0. The van der Waals surface area contributed by atoms with Crippen LogP contribution in [0.5, 0.6) is 0 Å². The van der Waals surface area contributed by atoms with Crippen LogP contribution in [-0.4, -0.2) is 25.8 Å². The summed E-state index contributed by atoms with van der Waals surface area (Å²) in [6.45, 7) is 3.28. The van der Waals surface area contributed by atoms with Gasteiger partial charge in [-0.1, -0.05) is 12.8 Å². The zero-order chi connectivity index (χ0) is 10.8. The van der Waals surface area contributed by atoms with E-state index < -0.39 is 0 Å². The van der Waals surface area contributed by atoms with Crippen LogP contribution in [0, 0.1) is 11.3 Å². The Labute approximate surface area is 99.1 Å². The summed E-state index contributed by atoms with van der Waals surface area (Å²) in [6.07, 6.45) is 11.3. The lowest BCUT2D eigenvalue weighted by molar-refractivity contribution is -0.0170. The highest BCUT2D eigenvalue weighted by atomic mass is 16.5. The quantitative estimate of drug-likeness (QED) is 0.791. The Kier molecular flexibility index (Phi) is 3.21. The van der Waals surface area contributed by atoms with Crippen molar-refractivity contribution in [2.24, 2.45) is 11.3 Å². The molecular weight excluding hydrogens is 198 g/mol. The maximum Gasteiger partial charge on any atom is 0.0471 e. The minimum atomic E-state index is 0.595. The van der Waals surface area contributed by atoms with E-state index in [4.69, 9.17) is 4.74 Å². The van der Waals surface area contributed by atoms with Crippen LogP contribution < -0.4 is 5.32 Å². The molecule has 3 fully saturated rings. The smallest absolute Gasteiger partial charge is 0.0471 e. The number of ether oxygens (including phenoxy) is 1. The van der Waals surface area contributed by atoms with Crippen molar-refractivity contribution in [2.45, 2.75) is 57.4 Å². The van der Waals surface area contributed by atoms with Crippen LogP contribution in [-0.2, 0) is 4.74 Å². The van der Waals surface area contributed by atoms with Crippen molar-refractivity contribution in [3.63, 3.8) is 0 Å². The van der Waals surface area contributed by atoms with Crippen LogP contribution in [0.1, 0.15) is 51.4 Å². The van der Waals surface area contributed by atoms with E-state index in [-0.39, 0.29) is 0 Å². The second-order valence-corrected chi connectivity index (χ2v) is 6.11. The van der Waals surface area contributed by atoms with Crippen LogP contribution in [0.25, 0.3) is 0 Å². The number of rotatable bonds is 4. The fourth-order valence-corrected chi connectivity index (χ4v) is 3.68. The molecule has 0 radical (unpaired) electrons. The van der Waals surface area contributed by atoms with Gasteiger partial charge in [-0.3, -0.25) is 0 Å². The van der Waals surface area contributed by atoms with Crippen LogP contribution in [0.15, 0.2) is 0 Å². The molecule has 92 valence electrons. The molecule has 0 aromatic rings. The van der Waals surface area contributed by atoms with Gasteiger partial charge < -0.3 is 10.1 Å². The normalized spacial score (nSPS) is 30.8. The van der Waals surface area contributed by atoms with Gasteiger partial charge >= 0.3 is 0 Å². The van der Waals surface area contributed by atoms with Crippen molar-refractivity contribution in [3.8, 4) is 0 Å². The molecule has 0 aromatic carbocycles. The summed E-state index contributed by atoms with van der Waals surface area (Å²) < 4.78 is 5.58. The molecule has 2 aliphatic carbocycles. The van der Waals surface area contributed by atoms with Crippen molar-refractivity contribution in [3.05, 3.63) is 0 Å². The Morgan fingerprint density at radius 3 is 2.31 bits per heavy atom. The summed E-state index contributed by atoms with van der Waals surface area (Å²) in [4.78, 5) is 0. The molecule has 2 heteroatoms. The summed E-state index contributed by atoms with van der Waals surface area (Å²) in [7, 11) is 0. The Hall–Kier alpha value is -0.0800. The molecule has 0 aromatic heterocycles. The highest BCUT2D eigenvalue weighted by Gasteiger charge is 2.41. The van der Waals surface area contributed by atoms with Gasteiger partial charge in [0.05, 0.1) is 0 Å². The highest BCUT2D eigenvalue weighted by molar-refractivity contribution is 4.94. The molecule has 16 heavy (non-hydrogen) atoms. The molecule has 0 atom stereocenters. The number of hydrogen-bond acceptors (Lipinski definition) is 2. The van der Waals surface area contributed by atoms with Crippen LogP contribution in [0.3, 0.4) is 0 Å². The third-order valence-corrected chi connectivity index (χ3v) is 5.03. The molecular formula is C14H25NO. The molecule has 1 N–H and O–H groups in total. The van der Waals surface area contributed by atoms with Gasteiger partial charge in [0, 0.05) is 25.8 Å². The molecule has 0 amide bonds. The minimum Gasteiger partial charge on any atom is -0.381 e. The Balaban J connectivity index is 1.64. The molecule has 0 spiro atoms. The topological polar surface area (TPSA) is 21.3 Å². The van der Waals surface area contributed by atoms with E-state index in [1.807, 2.05) is 0 Å². The van der Waals surface area contributed by atoms with Gasteiger partial charge in [-0.15, -0.1) is 0 Å². The van der Waals surface area contributed by atoms with Crippen molar-refractivity contribution in [1.29, 1.82) is 0 Å². The van der Waals surface area contributed by atoms with Crippen molar-refractivity contribution in [1.82, 2.24) is 5.32 Å². The molecule has 0 unspecified atom stereocenters. The third-order valence-electron chi connectivity index (χ3n) is 5.03. The summed E-state index contributed by atoms with van der Waals surface area (Å²) in [5, 5.41) is 3.79. The average Bonchev–Trinajstić information content (AvgIpc) is 2.99. The molecule has 1 aliphatic heterocycles. The van der Waals surface area contributed by atoms with Gasteiger partial charge in [0.15, 0.2) is 0 Å². The van der Waals surface area contributed by atoms with E-state index in [2.05, 4.69) is 5.32 Å². The van der Waals surface area contributed by atoms with Crippen molar-refractivity contribution < 1.29 is 4.74 Å². The number of hydrogen-bond donors (Lipinski definition) is 1. The minimum absolute atomic E-state index is 0.595. The Morgan fingerprint density at radius 2 is 1.69 bits per heavy atom. The van der Waals surface area contributed by atoms with E-state index in [1.54, 1.807) is 0 Å². The first-order valence-electron chi connectivity index (χ1n) is 7.20. The van der Waals surface area contributed by atoms with E-state index >= 15 is 0 Å². The zero-order valence-corrected chi connectivity index (χ0v) is 10.3. The first-order chi connectivity index (χ1) is 7.89. The summed E-state index contributed by atoms with van der Waals surface area (Å²) in [5.74, 6) is 0.989. The molecule has 2 saturated carbocycles. The van der Waals surface area contributed by atoms with E-state index in [0.717, 1.165) is 25.2 Å². The lowest BCUT2D eigenvalue weighted by Gasteiger charge is -2.42. The lowest BCUT2D eigenvalue weighted by Crippen LogP contribution is -2.44. The summed E-state index contributed by atoms with van der Waals surface area (Å²) in [6, 6.07) is 0.862. The summed E-state index contributed by atoms with van der Waals surface area (Å²) >= 11 is 0. The van der Waals surface area contributed by atoms with E-state index in [0.29, 0.717) is 5.41 Å². The Morgan fingerprint density at radius 1 is 1.00 bits per heavy atom. The average molecular weight is 223 g/mol. The highest BCUT2D eigenvalue weighted by Crippen LogP contribution is 2.46. The van der Waals surface area contributed by atoms with Gasteiger partial charge in [-0.25, -0.2) is 0 Å². The molecule has 2 nitrogen and oxygen atoms in total. The van der Waals surface area contributed by atoms with E-state index in [9.17, 15) is 0 Å². The second kappa shape index (κ2) is 4.66. The largest absolute Gasteiger partial charge is 0.381 e. The zero-order valence-electron chi connectivity index (χ0n) is 10.3. The standard InChI is InChI=1S/C14H25NO/c1-2-4-12(3-1)14(7-9-16-10-8-14)11-15-13-5-6-13/h12-13,15H,1-11H2. The SMILES string of the molecule is C1CCC(C2(CNC3CC3)CCOCC2)C1. The van der Waals surface area contributed by atoms with E-state index in [1.165, 1.54) is 57.9 Å². The monoisotopic (exact) mass is 223 g/mol. The molecule has 1 heterocycles. The van der Waals surface area contributed by atoms with Crippen molar-refractivity contribution in [2.75, 3.05) is 19.8 Å². The van der Waals surface area contributed by atoms with Gasteiger partial charge in [-0.2, -0.15) is 0 Å². The van der Waals surface area contributed by atoms with Gasteiger partial charge in [-0.05, 0) is 49.9 Å². The molecule has 0 bridgehead atoms.